The molecule has 1 amide bonds. The highest BCUT2D eigenvalue weighted by molar-refractivity contribution is 5.76. The van der Waals surface area contributed by atoms with Crippen molar-refractivity contribution >= 4 is 11.9 Å². The van der Waals surface area contributed by atoms with Crippen LogP contribution in [0.1, 0.15) is 335 Å². The molecule has 0 aliphatic rings. The number of allylic oxidation sites excluding steroid dienone is 4. The smallest absolute Gasteiger partial charge is 0.305 e. The fourth-order valence-corrected chi connectivity index (χ4v) is 9.55. The minimum absolute atomic E-state index is 0.00557. The predicted molar refractivity (Wildman–Crippen MR) is 296 cm³/mol. The lowest BCUT2D eigenvalue weighted by molar-refractivity contribution is -0.143. The van der Waals surface area contributed by atoms with Gasteiger partial charge in [0.05, 0.1) is 25.4 Å². The summed E-state index contributed by atoms with van der Waals surface area (Å²) in [5, 5.41) is 23.3. The van der Waals surface area contributed by atoms with E-state index in [9.17, 15) is 19.8 Å². The summed E-state index contributed by atoms with van der Waals surface area (Å²) in [6.07, 6.45) is 70.3. The molecule has 0 radical (unpaired) electrons. The number of nitrogens with one attached hydrogen (secondary N) is 1. The normalized spacial score (nSPS) is 12.7. The van der Waals surface area contributed by atoms with Crippen molar-refractivity contribution in [2.45, 2.75) is 347 Å². The van der Waals surface area contributed by atoms with Crippen molar-refractivity contribution in [1.82, 2.24) is 5.32 Å². The van der Waals surface area contributed by atoms with E-state index in [-0.39, 0.29) is 18.5 Å². The molecule has 0 spiro atoms. The van der Waals surface area contributed by atoms with Crippen molar-refractivity contribution in [3.8, 4) is 0 Å². The Kier molecular flexibility index (Phi) is 56.5. The van der Waals surface area contributed by atoms with E-state index in [4.69, 9.17) is 4.74 Å². The first-order valence-corrected chi connectivity index (χ1v) is 30.6. The van der Waals surface area contributed by atoms with Crippen LogP contribution in [-0.2, 0) is 14.3 Å². The molecule has 6 heteroatoms. The third kappa shape index (κ3) is 53.7. The minimum atomic E-state index is -0.667. The fourth-order valence-electron chi connectivity index (χ4n) is 9.55. The van der Waals surface area contributed by atoms with Crippen molar-refractivity contribution in [3.05, 3.63) is 24.3 Å². The van der Waals surface area contributed by atoms with Gasteiger partial charge in [0.2, 0.25) is 5.91 Å². The van der Waals surface area contributed by atoms with Gasteiger partial charge in [-0.15, -0.1) is 0 Å². The van der Waals surface area contributed by atoms with Gasteiger partial charge in [-0.25, -0.2) is 0 Å². The van der Waals surface area contributed by atoms with Crippen LogP contribution in [0.3, 0.4) is 0 Å². The molecule has 0 aliphatic carbocycles. The Morgan fingerprint density at radius 1 is 0.412 bits per heavy atom. The summed E-state index contributed by atoms with van der Waals surface area (Å²) in [6, 6.07) is -0.545. The largest absolute Gasteiger partial charge is 0.466 e. The molecule has 0 heterocycles. The second-order valence-corrected chi connectivity index (χ2v) is 21.0. The highest BCUT2D eigenvalue weighted by Gasteiger charge is 2.20. The summed E-state index contributed by atoms with van der Waals surface area (Å²) in [5.41, 5.74) is 0. The summed E-state index contributed by atoms with van der Waals surface area (Å²) in [4.78, 5) is 24.6. The van der Waals surface area contributed by atoms with Gasteiger partial charge in [0.25, 0.3) is 0 Å². The maximum Gasteiger partial charge on any atom is 0.305 e. The molecule has 0 saturated heterocycles. The highest BCUT2D eigenvalue weighted by atomic mass is 16.5. The second kappa shape index (κ2) is 57.9. The Bertz CT molecular complexity index is 1060. The van der Waals surface area contributed by atoms with Crippen molar-refractivity contribution in [2.75, 3.05) is 13.2 Å². The Morgan fingerprint density at radius 3 is 1.13 bits per heavy atom. The molecule has 6 nitrogen and oxygen atoms in total. The maximum atomic E-state index is 12.5. The molecule has 402 valence electrons. The summed E-state index contributed by atoms with van der Waals surface area (Å²) >= 11 is 0. The number of carbonyl (C=O) groups excluding carboxylic acids is 2. The number of unbranched alkanes of at least 4 members (excludes halogenated alkanes) is 42. The molecular formula is C62H119NO5. The summed E-state index contributed by atoms with van der Waals surface area (Å²) in [6.45, 7) is 4.94. The van der Waals surface area contributed by atoms with Crippen LogP contribution in [0.2, 0.25) is 0 Å². The van der Waals surface area contributed by atoms with E-state index < -0.39 is 12.1 Å². The molecule has 68 heavy (non-hydrogen) atoms. The monoisotopic (exact) mass is 958 g/mol. The summed E-state index contributed by atoms with van der Waals surface area (Å²) < 4.78 is 5.48. The number of rotatable bonds is 57. The van der Waals surface area contributed by atoms with Gasteiger partial charge >= 0.3 is 5.97 Å². The fraction of sp³-hybridized carbons (Fsp3) is 0.903. The van der Waals surface area contributed by atoms with Crippen molar-refractivity contribution < 1.29 is 24.5 Å². The number of amides is 1. The van der Waals surface area contributed by atoms with Crippen molar-refractivity contribution in [1.29, 1.82) is 0 Å². The van der Waals surface area contributed by atoms with Crippen LogP contribution in [0.5, 0.6) is 0 Å². The summed E-state index contributed by atoms with van der Waals surface area (Å²) in [5.74, 6) is -0.0425. The van der Waals surface area contributed by atoms with Gasteiger partial charge in [0.1, 0.15) is 0 Å². The molecule has 0 aromatic rings. The molecule has 0 fully saturated rings. The molecule has 2 atom stereocenters. The number of aliphatic hydroxyl groups excluding tert-OH is 2. The first kappa shape index (κ1) is 66.3. The minimum Gasteiger partial charge on any atom is -0.466 e. The standard InChI is InChI=1S/C62H119NO5/c1-3-5-7-9-11-13-15-17-19-23-26-30-34-38-42-46-50-54-60(65)59(58-64)63-61(66)55-51-47-43-39-35-31-27-24-21-22-25-29-33-37-41-45-49-53-57-68-62(67)56-52-48-44-40-36-32-28-20-18-16-14-12-10-8-6-4-2/h14,16,20,28,59-60,64-65H,3-13,15,17-19,21-27,29-58H2,1-2H3,(H,63,66)/b16-14-,28-20-. The number of ether oxygens (including phenoxy) is 1. The van der Waals surface area contributed by atoms with Crippen LogP contribution in [0.15, 0.2) is 24.3 Å². The van der Waals surface area contributed by atoms with E-state index in [1.54, 1.807) is 0 Å². The Labute approximate surface area is 424 Å². The molecular weight excluding hydrogens is 839 g/mol. The third-order valence-electron chi connectivity index (χ3n) is 14.3. The van der Waals surface area contributed by atoms with Gasteiger partial charge in [-0.3, -0.25) is 9.59 Å². The maximum absolute atomic E-state index is 12.5. The third-order valence-corrected chi connectivity index (χ3v) is 14.3. The Morgan fingerprint density at radius 2 is 0.735 bits per heavy atom. The van der Waals surface area contributed by atoms with Crippen LogP contribution in [0.4, 0.5) is 0 Å². The van der Waals surface area contributed by atoms with E-state index in [2.05, 4.69) is 43.5 Å². The van der Waals surface area contributed by atoms with Gasteiger partial charge in [-0.05, 0) is 57.8 Å². The number of hydrogen-bond acceptors (Lipinski definition) is 5. The number of aliphatic hydroxyl groups is 2. The number of carbonyl (C=O) groups is 2. The second-order valence-electron chi connectivity index (χ2n) is 21.0. The Balaban J connectivity index is 3.41. The molecule has 0 aromatic heterocycles. The predicted octanol–water partition coefficient (Wildman–Crippen LogP) is 19.0. The average molecular weight is 959 g/mol. The zero-order valence-electron chi connectivity index (χ0n) is 45.9. The van der Waals surface area contributed by atoms with Crippen LogP contribution < -0.4 is 5.32 Å². The molecule has 3 N–H and O–H groups in total. The van der Waals surface area contributed by atoms with Gasteiger partial charge in [-0.1, -0.05) is 289 Å². The van der Waals surface area contributed by atoms with E-state index in [0.29, 0.717) is 25.9 Å². The lowest BCUT2D eigenvalue weighted by Gasteiger charge is -2.22. The van der Waals surface area contributed by atoms with Crippen molar-refractivity contribution in [3.63, 3.8) is 0 Å². The molecule has 2 unspecified atom stereocenters. The van der Waals surface area contributed by atoms with E-state index in [1.165, 1.54) is 250 Å². The van der Waals surface area contributed by atoms with Crippen LogP contribution in [0, 0.1) is 0 Å². The summed E-state index contributed by atoms with van der Waals surface area (Å²) in [7, 11) is 0. The quantitative estimate of drug-likeness (QED) is 0.0321. The van der Waals surface area contributed by atoms with Crippen LogP contribution >= 0.6 is 0 Å². The average Bonchev–Trinajstić information content (AvgIpc) is 3.34. The van der Waals surface area contributed by atoms with Gasteiger partial charge < -0.3 is 20.3 Å². The first-order chi connectivity index (χ1) is 33.5. The first-order valence-electron chi connectivity index (χ1n) is 30.6. The molecule has 0 aliphatic heterocycles. The van der Waals surface area contributed by atoms with Crippen LogP contribution in [-0.4, -0.2) is 47.4 Å². The Hall–Kier alpha value is -1.66. The van der Waals surface area contributed by atoms with E-state index in [0.717, 1.165) is 51.4 Å². The highest BCUT2D eigenvalue weighted by Crippen LogP contribution is 2.18. The number of esters is 1. The van der Waals surface area contributed by atoms with Gasteiger partial charge in [0, 0.05) is 12.8 Å². The van der Waals surface area contributed by atoms with Crippen LogP contribution in [0.25, 0.3) is 0 Å². The molecule has 0 saturated carbocycles. The molecule has 0 aromatic carbocycles. The SMILES string of the molecule is CCCCCC/C=C\C/C=C\CCCCCCCC(=O)OCCCCCCCCCCCCCCCCCCCCC(=O)NC(CO)C(O)CCCCCCCCCCCCCCCCCCC. The topological polar surface area (TPSA) is 95.9 Å². The van der Waals surface area contributed by atoms with E-state index in [1.807, 2.05) is 0 Å². The number of hydrogen-bond donors (Lipinski definition) is 3. The molecule has 0 rings (SSSR count). The zero-order valence-corrected chi connectivity index (χ0v) is 45.9. The lowest BCUT2D eigenvalue weighted by atomic mass is 10.0. The molecule has 0 bridgehead atoms. The van der Waals surface area contributed by atoms with Gasteiger partial charge in [0.15, 0.2) is 0 Å². The van der Waals surface area contributed by atoms with Gasteiger partial charge in [-0.2, -0.15) is 0 Å². The zero-order chi connectivity index (χ0) is 49.3. The van der Waals surface area contributed by atoms with Crippen molar-refractivity contribution in [2.24, 2.45) is 0 Å². The van der Waals surface area contributed by atoms with E-state index >= 15 is 0 Å². The lowest BCUT2D eigenvalue weighted by Crippen LogP contribution is -2.45.